The Morgan fingerprint density at radius 3 is 2.79 bits per heavy atom. The first-order valence-electron chi connectivity index (χ1n) is 7.44. The highest BCUT2D eigenvalue weighted by atomic mass is 127. The minimum absolute atomic E-state index is 0.0481. The molecule has 4 nitrogen and oxygen atoms in total. The average Bonchev–Trinajstić information content (AvgIpc) is 2.87. The van der Waals surface area contributed by atoms with Gasteiger partial charge >= 0.3 is 5.97 Å². The molecule has 0 amide bonds. The van der Waals surface area contributed by atoms with E-state index in [-0.39, 0.29) is 6.42 Å². The molecule has 0 spiro atoms. The lowest BCUT2D eigenvalue weighted by Crippen LogP contribution is -2.02. The predicted molar refractivity (Wildman–Crippen MR) is 107 cm³/mol. The average molecular weight is 500 g/mol. The van der Waals surface area contributed by atoms with Crippen LogP contribution in [0.15, 0.2) is 40.9 Å². The lowest BCUT2D eigenvalue weighted by atomic mass is 10.0. The van der Waals surface area contributed by atoms with Crippen LogP contribution in [-0.2, 0) is 11.2 Å². The molecule has 0 saturated heterocycles. The van der Waals surface area contributed by atoms with Crippen molar-refractivity contribution >= 4 is 55.4 Å². The van der Waals surface area contributed by atoms with Crippen molar-refractivity contribution in [2.45, 2.75) is 13.3 Å². The molecule has 2 aromatic carbocycles. The molecular weight excluding hydrogens is 485 g/mol. The van der Waals surface area contributed by atoms with E-state index in [1.807, 2.05) is 43.3 Å². The van der Waals surface area contributed by atoms with E-state index in [9.17, 15) is 9.90 Å². The third-order valence-corrected chi connectivity index (χ3v) is 4.87. The first-order chi connectivity index (χ1) is 11.5. The maximum Gasteiger partial charge on any atom is 0.307 e. The third-order valence-electron chi connectivity index (χ3n) is 3.71. The number of benzene rings is 2. The normalized spacial score (nSPS) is 11.0. The van der Waals surface area contributed by atoms with Gasteiger partial charge in [-0.1, -0.05) is 15.9 Å². The van der Waals surface area contributed by atoms with Gasteiger partial charge in [-0.15, -0.1) is 0 Å². The van der Waals surface area contributed by atoms with Gasteiger partial charge in [-0.25, -0.2) is 0 Å². The molecule has 124 valence electrons. The second kappa shape index (κ2) is 7.14. The number of halogens is 2. The van der Waals surface area contributed by atoms with E-state index < -0.39 is 5.97 Å². The number of rotatable bonds is 5. The highest BCUT2D eigenvalue weighted by Crippen LogP contribution is 2.38. The van der Waals surface area contributed by atoms with Gasteiger partial charge in [0.2, 0.25) is 0 Å². The summed E-state index contributed by atoms with van der Waals surface area (Å²) in [6.07, 6.45) is -0.0481. The van der Waals surface area contributed by atoms with Crippen molar-refractivity contribution in [1.29, 1.82) is 0 Å². The quantitative estimate of drug-likeness (QED) is 0.472. The number of hydrogen-bond donors (Lipinski definition) is 2. The molecule has 0 fully saturated rings. The lowest BCUT2D eigenvalue weighted by molar-refractivity contribution is -0.136. The highest BCUT2D eigenvalue weighted by Gasteiger charge is 2.19. The summed E-state index contributed by atoms with van der Waals surface area (Å²) in [6, 6.07) is 11.7. The molecule has 1 aromatic heterocycles. The smallest absolute Gasteiger partial charge is 0.307 e. The second-order valence-electron chi connectivity index (χ2n) is 5.31. The van der Waals surface area contributed by atoms with Gasteiger partial charge in [-0.05, 0) is 71.5 Å². The van der Waals surface area contributed by atoms with E-state index in [0.29, 0.717) is 6.61 Å². The number of aliphatic carboxylic acids is 1. The number of aromatic nitrogens is 1. The number of hydrogen-bond acceptors (Lipinski definition) is 2. The van der Waals surface area contributed by atoms with E-state index in [0.717, 1.165) is 41.5 Å². The van der Waals surface area contributed by atoms with Crippen molar-refractivity contribution in [3.63, 3.8) is 0 Å². The molecule has 3 rings (SSSR count). The number of carboxylic acid groups (broad SMARTS) is 1. The number of carboxylic acids is 1. The Hall–Kier alpha value is -1.54. The van der Waals surface area contributed by atoms with Crippen LogP contribution >= 0.6 is 38.5 Å². The maximum atomic E-state index is 11.4. The summed E-state index contributed by atoms with van der Waals surface area (Å²) in [7, 11) is 0. The highest BCUT2D eigenvalue weighted by molar-refractivity contribution is 14.1. The van der Waals surface area contributed by atoms with Crippen LogP contribution in [0.3, 0.4) is 0 Å². The van der Waals surface area contributed by atoms with Crippen molar-refractivity contribution in [3.05, 3.63) is 50.0 Å². The Kier molecular flexibility index (Phi) is 5.15. The number of carbonyl (C=O) groups is 1. The molecule has 24 heavy (non-hydrogen) atoms. The van der Waals surface area contributed by atoms with E-state index in [4.69, 9.17) is 4.74 Å². The number of fused-ring (bicyclic) bond motifs is 1. The van der Waals surface area contributed by atoms with Crippen molar-refractivity contribution in [1.82, 2.24) is 4.98 Å². The Morgan fingerprint density at radius 1 is 1.29 bits per heavy atom. The SMILES string of the molecule is CCOc1ccc(Br)cc1-c1[nH]c2ccc(I)cc2c1CC(=O)O. The van der Waals surface area contributed by atoms with Crippen LogP contribution in [0.1, 0.15) is 12.5 Å². The zero-order valence-electron chi connectivity index (χ0n) is 12.9. The summed E-state index contributed by atoms with van der Waals surface area (Å²) in [6.45, 7) is 2.47. The van der Waals surface area contributed by atoms with Crippen LogP contribution in [0.4, 0.5) is 0 Å². The van der Waals surface area contributed by atoms with E-state index >= 15 is 0 Å². The first kappa shape index (κ1) is 17.3. The summed E-state index contributed by atoms with van der Waals surface area (Å²) in [5, 5.41) is 10.3. The molecule has 0 saturated carbocycles. The fourth-order valence-corrected chi connectivity index (χ4v) is 3.62. The predicted octanol–water partition coefficient (Wildman–Crippen LogP) is 5.23. The first-order valence-corrected chi connectivity index (χ1v) is 9.31. The van der Waals surface area contributed by atoms with Crippen LogP contribution in [0.5, 0.6) is 5.75 Å². The van der Waals surface area contributed by atoms with Gasteiger partial charge in [-0.3, -0.25) is 4.79 Å². The number of ether oxygens (including phenoxy) is 1. The van der Waals surface area contributed by atoms with Gasteiger partial charge in [0.1, 0.15) is 5.75 Å². The molecule has 0 aliphatic rings. The molecule has 0 radical (unpaired) electrons. The van der Waals surface area contributed by atoms with Crippen LogP contribution in [0, 0.1) is 3.57 Å². The number of nitrogens with one attached hydrogen (secondary N) is 1. The molecule has 0 unspecified atom stereocenters. The Morgan fingerprint density at radius 2 is 2.08 bits per heavy atom. The van der Waals surface area contributed by atoms with E-state index in [1.165, 1.54) is 0 Å². The molecule has 2 N–H and O–H groups in total. The minimum atomic E-state index is -0.857. The maximum absolute atomic E-state index is 11.4. The summed E-state index contributed by atoms with van der Waals surface area (Å²) in [5.74, 6) is -0.127. The Labute approximate surface area is 161 Å². The topological polar surface area (TPSA) is 62.3 Å². The zero-order chi connectivity index (χ0) is 17.3. The number of aromatic amines is 1. The van der Waals surface area contributed by atoms with Crippen molar-refractivity contribution < 1.29 is 14.6 Å². The Bertz CT molecular complexity index is 920. The van der Waals surface area contributed by atoms with Crippen molar-refractivity contribution in [2.24, 2.45) is 0 Å². The van der Waals surface area contributed by atoms with Gasteiger partial charge in [-0.2, -0.15) is 0 Å². The molecule has 0 aliphatic heterocycles. The molecule has 0 bridgehead atoms. The largest absolute Gasteiger partial charge is 0.493 e. The summed E-state index contributed by atoms with van der Waals surface area (Å²) < 4.78 is 7.72. The monoisotopic (exact) mass is 499 g/mol. The Balaban J connectivity index is 2.29. The van der Waals surface area contributed by atoms with Crippen LogP contribution in [0.25, 0.3) is 22.2 Å². The summed E-state index contributed by atoms with van der Waals surface area (Å²) >= 11 is 5.72. The van der Waals surface area contributed by atoms with Gasteiger partial charge in [0.15, 0.2) is 0 Å². The number of H-pyrrole nitrogens is 1. The molecule has 6 heteroatoms. The van der Waals surface area contributed by atoms with Crippen LogP contribution < -0.4 is 4.74 Å². The zero-order valence-corrected chi connectivity index (χ0v) is 16.6. The van der Waals surface area contributed by atoms with E-state index in [2.05, 4.69) is 43.5 Å². The fourth-order valence-electron chi connectivity index (χ4n) is 2.76. The van der Waals surface area contributed by atoms with Gasteiger partial charge in [0.25, 0.3) is 0 Å². The van der Waals surface area contributed by atoms with Crippen molar-refractivity contribution in [3.8, 4) is 17.0 Å². The van der Waals surface area contributed by atoms with Gasteiger partial charge in [0, 0.05) is 24.5 Å². The van der Waals surface area contributed by atoms with Gasteiger partial charge in [0.05, 0.1) is 18.7 Å². The molecular formula is C18H15BrINO3. The fraction of sp³-hybridized carbons (Fsp3) is 0.167. The standard InChI is InChI=1S/C18H15BrINO3/c1-2-24-16-6-3-10(19)7-14(16)18-13(9-17(22)23)12-8-11(20)4-5-15(12)21-18/h3-8,21H,2,9H2,1H3,(H,22,23). The second-order valence-corrected chi connectivity index (χ2v) is 7.47. The van der Waals surface area contributed by atoms with Crippen LogP contribution in [-0.4, -0.2) is 22.7 Å². The van der Waals surface area contributed by atoms with Crippen LogP contribution in [0.2, 0.25) is 0 Å². The minimum Gasteiger partial charge on any atom is -0.493 e. The summed E-state index contributed by atoms with van der Waals surface area (Å²) in [4.78, 5) is 14.8. The molecule has 3 aromatic rings. The molecule has 0 atom stereocenters. The summed E-state index contributed by atoms with van der Waals surface area (Å²) in [5.41, 5.74) is 3.34. The van der Waals surface area contributed by atoms with Gasteiger partial charge < -0.3 is 14.8 Å². The van der Waals surface area contributed by atoms with E-state index in [1.54, 1.807) is 0 Å². The third kappa shape index (κ3) is 3.44. The van der Waals surface area contributed by atoms with Crippen molar-refractivity contribution in [2.75, 3.05) is 6.61 Å². The lowest BCUT2D eigenvalue weighted by Gasteiger charge is -2.11. The molecule has 1 heterocycles. The molecule has 0 aliphatic carbocycles.